The fraction of sp³-hybridized carbons (Fsp3) is 0.172. The largest absolute Gasteiger partial charge is 0.455 e. The van der Waals surface area contributed by atoms with Crippen LogP contribution in [0.15, 0.2) is 109 Å². The molecule has 1 fully saturated rings. The Kier molecular flexibility index (Phi) is 6.82. The molecule has 0 bridgehead atoms. The van der Waals surface area contributed by atoms with Crippen LogP contribution in [0.3, 0.4) is 0 Å². The average Bonchev–Trinajstić information content (AvgIpc) is 2.92. The molecule has 1 aromatic heterocycles. The van der Waals surface area contributed by atoms with Gasteiger partial charge in [0.1, 0.15) is 11.6 Å². The van der Waals surface area contributed by atoms with Crippen LogP contribution >= 0.6 is 11.8 Å². The van der Waals surface area contributed by atoms with Gasteiger partial charge in [-0.3, -0.25) is 9.59 Å². The lowest BCUT2D eigenvalue weighted by molar-refractivity contribution is -0.156. The van der Waals surface area contributed by atoms with Crippen LogP contribution in [0, 0.1) is 5.92 Å². The zero-order valence-corrected chi connectivity index (χ0v) is 20.5. The maximum Gasteiger partial charge on any atom is 0.303 e. The summed E-state index contributed by atoms with van der Waals surface area (Å²) in [5.74, 6) is -1.30. The summed E-state index contributed by atoms with van der Waals surface area (Å²) < 4.78 is 5.02. The van der Waals surface area contributed by atoms with E-state index in [0.717, 1.165) is 16.7 Å². The summed E-state index contributed by atoms with van der Waals surface area (Å²) in [6, 6.07) is 34.2. The highest BCUT2D eigenvalue weighted by atomic mass is 32.2. The molecule has 3 unspecified atom stereocenters. The number of nitrogens with zero attached hydrogens (tertiary/aromatic N) is 2. The Morgan fingerprint density at radius 1 is 0.861 bits per heavy atom. The van der Waals surface area contributed by atoms with Crippen molar-refractivity contribution in [2.45, 2.75) is 23.1 Å². The second-order valence-electron chi connectivity index (χ2n) is 8.53. The molecule has 0 spiro atoms. The lowest BCUT2D eigenvalue weighted by Gasteiger charge is -2.46. The number of carbonyl (C=O) groups is 2. The summed E-state index contributed by atoms with van der Waals surface area (Å²) in [5.41, 5.74) is 3.69. The topological polar surface area (TPSA) is 81.2 Å². The van der Waals surface area contributed by atoms with E-state index in [1.165, 1.54) is 6.92 Å². The molecule has 1 amide bonds. The van der Waals surface area contributed by atoms with Gasteiger partial charge in [-0.1, -0.05) is 91.0 Å². The molecule has 1 aliphatic rings. The van der Waals surface area contributed by atoms with Crippen LogP contribution in [-0.4, -0.2) is 27.4 Å². The fourth-order valence-electron chi connectivity index (χ4n) is 4.64. The molecule has 7 heteroatoms. The summed E-state index contributed by atoms with van der Waals surface area (Å²) in [6.07, 6.45) is 0.703. The molecule has 4 aromatic rings. The fourth-order valence-corrected chi connectivity index (χ4v) is 6.43. The molecule has 3 aromatic carbocycles. The molecule has 5 rings (SSSR count). The standard InChI is InChI=1S/C29H25N3O3S/c1-20(33)35-26(24-18-11-19-30-32-24)25-27(34)31-28(25)36-29(21-12-5-2-6-13-21,22-14-7-3-8-15-22)23-16-9-4-10-17-23/h2-19,25-26,28H,1H3,(H,31,34). The first kappa shape index (κ1) is 23.8. The summed E-state index contributed by atoms with van der Waals surface area (Å²) in [4.78, 5) is 25.0. The van der Waals surface area contributed by atoms with Crippen molar-refractivity contribution >= 4 is 23.6 Å². The number of benzene rings is 3. The molecular formula is C29H25N3O3S. The van der Waals surface area contributed by atoms with Crippen molar-refractivity contribution in [3.8, 4) is 0 Å². The highest BCUT2D eigenvalue weighted by Gasteiger charge is 2.52. The summed E-state index contributed by atoms with van der Waals surface area (Å²) >= 11 is 1.63. The zero-order chi connectivity index (χ0) is 25.0. The van der Waals surface area contributed by atoms with Gasteiger partial charge in [0.05, 0.1) is 10.1 Å². The first-order valence-corrected chi connectivity index (χ1v) is 12.6. The SMILES string of the molecule is CC(=O)OC(c1cccnn1)C1C(=O)NC1SC(c1ccccc1)(c1ccccc1)c1ccccc1. The van der Waals surface area contributed by atoms with Gasteiger partial charge in [0.2, 0.25) is 5.91 Å². The van der Waals surface area contributed by atoms with Gasteiger partial charge >= 0.3 is 5.97 Å². The molecule has 0 radical (unpaired) electrons. The third-order valence-electron chi connectivity index (χ3n) is 6.26. The summed E-state index contributed by atoms with van der Waals surface area (Å²) in [6.45, 7) is 1.34. The van der Waals surface area contributed by atoms with Crippen LogP contribution < -0.4 is 5.32 Å². The van der Waals surface area contributed by atoms with Gasteiger partial charge in [-0.2, -0.15) is 10.2 Å². The van der Waals surface area contributed by atoms with E-state index in [-0.39, 0.29) is 11.3 Å². The van der Waals surface area contributed by atoms with Gasteiger partial charge < -0.3 is 10.1 Å². The lowest BCUT2D eigenvalue weighted by Crippen LogP contribution is -2.60. The minimum atomic E-state index is -0.845. The molecule has 1 N–H and O–H groups in total. The van der Waals surface area contributed by atoms with Gasteiger partial charge in [0.25, 0.3) is 0 Å². The molecule has 0 aliphatic carbocycles. The molecule has 3 atom stereocenters. The Bertz CT molecular complexity index is 1220. The van der Waals surface area contributed by atoms with Crippen molar-refractivity contribution in [2.24, 2.45) is 5.92 Å². The predicted octanol–water partition coefficient (Wildman–Crippen LogP) is 4.88. The second kappa shape index (κ2) is 10.3. The van der Waals surface area contributed by atoms with Crippen LogP contribution in [0.4, 0.5) is 0 Å². The number of thioether (sulfide) groups is 1. The molecule has 180 valence electrons. The average molecular weight is 496 g/mol. The zero-order valence-electron chi connectivity index (χ0n) is 19.7. The molecule has 6 nitrogen and oxygen atoms in total. The van der Waals surface area contributed by atoms with Crippen LogP contribution in [-0.2, 0) is 19.1 Å². The number of rotatable bonds is 8. The Hall–Kier alpha value is -3.97. The normalized spacial score (nSPS) is 18.0. The number of hydrogen-bond donors (Lipinski definition) is 1. The van der Waals surface area contributed by atoms with Crippen molar-refractivity contribution in [3.05, 3.63) is 132 Å². The van der Waals surface area contributed by atoms with E-state index in [9.17, 15) is 9.59 Å². The van der Waals surface area contributed by atoms with E-state index in [4.69, 9.17) is 4.74 Å². The van der Waals surface area contributed by atoms with E-state index >= 15 is 0 Å². The number of β-lactam (4-membered cyclic amide) rings is 1. The maximum atomic E-state index is 13.0. The lowest BCUT2D eigenvalue weighted by atomic mass is 9.84. The number of aromatic nitrogens is 2. The molecule has 0 saturated carbocycles. The van der Waals surface area contributed by atoms with Gasteiger partial charge in [-0.25, -0.2) is 0 Å². The number of nitrogens with one attached hydrogen (secondary N) is 1. The first-order valence-electron chi connectivity index (χ1n) is 11.7. The molecular weight excluding hydrogens is 470 g/mol. The number of carbonyl (C=O) groups excluding carboxylic acids is 2. The minimum absolute atomic E-state index is 0.188. The van der Waals surface area contributed by atoms with Gasteiger partial charge in [-0.15, -0.1) is 11.8 Å². The number of esters is 1. The van der Waals surface area contributed by atoms with Crippen LogP contribution in [0.1, 0.15) is 35.4 Å². The van der Waals surface area contributed by atoms with Crippen molar-refractivity contribution < 1.29 is 14.3 Å². The second-order valence-corrected chi connectivity index (χ2v) is 9.89. The minimum Gasteiger partial charge on any atom is -0.455 e. The van der Waals surface area contributed by atoms with E-state index in [0.29, 0.717) is 5.69 Å². The predicted molar refractivity (Wildman–Crippen MR) is 139 cm³/mol. The summed E-state index contributed by atoms with van der Waals surface area (Å²) in [5, 5.41) is 10.8. The first-order chi connectivity index (χ1) is 17.6. The van der Waals surface area contributed by atoms with E-state index in [2.05, 4.69) is 51.9 Å². The Morgan fingerprint density at radius 3 is 1.81 bits per heavy atom. The van der Waals surface area contributed by atoms with Crippen LogP contribution in [0.5, 0.6) is 0 Å². The van der Waals surface area contributed by atoms with E-state index in [1.54, 1.807) is 30.1 Å². The summed E-state index contributed by atoms with van der Waals surface area (Å²) in [7, 11) is 0. The van der Waals surface area contributed by atoms with Gasteiger partial charge in [0, 0.05) is 13.1 Å². The highest BCUT2D eigenvalue weighted by molar-refractivity contribution is 8.01. The van der Waals surface area contributed by atoms with Crippen molar-refractivity contribution in [1.82, 2.24) is 15.5 Å². The highest BCUT2D eigenvalue weighted by Crippen LogP contribution is 2.53. The van der Waals surface area contributed by atoms with E-state index in [1.807, 2.05) is 54.6 Å². The monoisotopic (exact) mass is 495 g/mol. The molecule has 36 heavy (non-hydrogen) atoms. The Balaban J connectivity index is 1.63. The van der Waals surface area contributed by atoms with Crippen molar-refractivity contribution in [1.29, 1.82) is 0 Å². The Labute approximate surface area is 214 Å². The molecule has 2 heterocycles. The number of ether oxygens (including phenoxy) is 1. The smallest absolute Gasteiger partial charge is 0.303 e. The third kappa shape index (κ3) is 4.50. The number of amides is 1. The van der Waals surface area contributed by atoms with Crippen molar-refractivity contribution in [2.75, 3.05) is 0 Å². The van der Waals surface area contributed by atoms with E-state index < -0.39 is 22.7 Å². The molecule has 1 aliphatic heterocycles. The third-order valence-corrected chi connectivity index (χ3v) is 7.99. The van der Waals surface area contributed by atoms with Gasteiger partial charge in [0.15, 0.2) is 6.10 Å². The quantitative estimate of drug-likeness (QED) is 0.213. The van der Waals surface area contributed by atoms with Gasteiger partial charge in [-0.05, 0) is 28.8 Å². The number of hydrogen-bond acceptors (Lipinski definition) is 6. The van der Waals surface area contributed by atoms with Crippen LogP contribution in [0.25, 0.3) is 0 Å². The molecule has 1 saturated heterocycles. The Morgan fingerprint density at radius 2 is 1.39 bits per heavy atom. The van der Waals surface area contributed by atoms with Crippen molar-refractivity contribution in [3.63, 3.8) is 0 Å². The maximum absolute atomic E-state index is 13.0. The van der Waals surface area contributed by atoms with Crippen LogP contribution in [0.2, 0.25) is 0 Å².